The Kier molecular flexibility index (Phi) is 6.57. The number of carbonyl (C=O) groups excluding carboxylic acids is 2. The molecular formula is C21H25N3O3. The molecule has 0 bridgehead atoms. The summed E-state index contributed by atoms with van der Waals surface area (Å²) in [5.41, 5.74) is 1.94. The van der Waals surface area contributed by atoms with E-state index in [1.54, 1.807) is 36.2 Å². The van der Waals surface area contributed by atoms with Crippen LogP contribution in [-0.2, 0) is 9.53 Å². The number of carbonyl (C=O) groups is 2. The highest BCUT2D eigenvalue weighted by molar-refractivity contribution is 6.06. The summed E-state index contributed by atoms with van der Waals surface area (Å²) < 4.78 is 5.52. The summed E-state index contributed by atoms with van der Waals surface area (Å²) in [5, 5.41) is 5.94. The van der Waals surface area contributed by atoms with E-state index in [9.17, 15) is 9.59 Å². The van der Waals surface area contributed by atoms with E-state index >= 15 is 0 Å². The molecule has 0 spiro atoms. The highest BCUT2D eigenvalue weighted by atomic mass is 16.5. The largest absolute Gasteiger partial charge is 0.377 e. The lowest BCUT2D eigenvalue weighted by atomic mass is 10.1. The molecular weight excluding hydrogens is 342 g/mol. The number of ether oxygens (including phenoxy) is 1. The number of benzene rings is 2. The lowest BCUT2D eigenvalue weighted by molar-refractivity contribution is -0.115. The summed E-state index contributed by atoms with van der Waals surface area (Å²) in [4.78, 5) is 26.4. The fourth-order valence-corrected chi connectivity index (χ4v) is 3.05. The molecule has 2 amide bonds. The van der Waals surface area contributed by atoms with E-state index in [1.165, 1.54) is 0 Å². The summed E-state index contributed by atoms with van der Waals surface area (Å²) >= 11 is 0. The third kappa shape index (κ3) is 5.39. The number of nitrogens with zero attached hydrogens (tertiary/aromatic N) is 1. The molecule has 27 heavy (non-hydrogen) atoms. The average Bonchev–Trinajstić information content (AvgIpc) is 3.21. The third-order valence-corrected chi connectivity index (χ3v) is 4.52. The molecule has 2 aromatic carbocycles. The molecule has 1 aliphatic rings. The molecule has 0 saturated carbocycles. The third-order valence-electron chi connectivity index (χ3n) is 4.52. The van der Waals surface area contributed by atoms with Gasteiger partial charge in [-0.05, 0) is 43.2 Å². The van der Waals surface area contributed by atoms with Crippen LogP contribution in [0.1, 0.15) is 23.2 Å². The summed E-state index contributed by atoms with van der Waals surface area (Å²) in [6, 6.07) is 16.4. The van der Waals surface area contributed by atoms with Gasteiger partial charge < -0.3 is 20.3 Å². The van der Waals surface area contributed by atoms with Crippen molar-refractivity contribution in [1.82, 2.24) is 5.32 Å². The summed E-state index contributed by atoms with van der Waals surface area (Å²) in [6.45, 7) is 1.69. The van der Waals surface area contributed by atoms with Crippen LogP contribution in [-0.4, -0.2) is 44.7 Å². The lowest BCUT2D eigenvalue weighted by Gasteiger charge is -2.18. The normalized spacial score (nSPS) is 16.1. The summed E-state index contributed by atoms with van der Waals surface area (Å²) in [5.74, 6) is -0.275. The fourth-order valence-electron chi connectivity index (χ4n) is 3.05. The summed E-state index contributed by atoms with van der Waals surface area (Å²) in [6.07, 6.45) is 2.32. The van der Waals surface area contributed by atoms with Crippen LogP contribution >= 0.6 is 0 Å². The Morgan fingerprint density at radius 1 is 1.15 bits per heavy atom. The maximum atomic E-state index is 12.7. The van der Waals surface area contributed by atoms with Crippen molar-refractivity contribution in [2.24, 2.45) is 0 Å². The van der Waals surface area contributed by atoms with Crippen LogP contribution < -0.4 is 15.5 Å². The van der Waals surface area contributed by atoms with Crippen LogP contribution in [0.4, 0.5) is 11.4 Å². The molecule has 1 atom stereocenters. The van der Waals surface area contributed by atoms with Gasteiger partial charge in [-0.25, -0.2) is 0 Å². The molecule has 142 valence electrons. The van der Waals surface area contributed by atoms with Gasteiger partial charge in [0.1, 0.15) is 0 Å². The summed E-state index contributed by atoms with van der Waals surface area (Å²) in [7, 11) is 1.73. The van der Waals surface area contributed by atoms with Crippen molar-refractivity contribution in [3.63, 3.8) is 0 Å². The van der Waals surface area contributed by atoms with Crippen LogP contribution in [0, 0.1) is 0 Å². The molecule has 1 aliphatic heterocycles. The average molecular weight is 367 g/mol. The smallest absolute Gasteiger partial charge is 0.258 e. The molecule has 0 aromatic heterocycles. The van der Waals surface area contributed by atoms with Gasteiger partial charge in [0.25, 0.3) is 5.91 Å². The predicted molar refractivity (Wildman–Crippen MR) is 106 cm³/mol. The number of anilines is 2. The predicted octanol–water partition coefficient (Wildman–Crippen LogP) is 2.67. The first-order valence-corrected chi connectivity index (χ1v) is 9.19. The maximum Gasteiger partial charge on any atom is 0.258 e. The quantitative estimate of drug-likeness (QED) is 0.789. The van der Waals surface area contributed by atoms with Gasteiger partial charge in [-0.3, -0.25) is 9.59 Å². The topological polar surface area (TPSA) is 70.7 Å². The Hall–Kier alpha value is -2.70. The molecule has 1 saturated heterocycles. The Balaban J connectivity index is 1.54. The van der Waals surface area contributed by atoms with Gasteiger partial charge in [-0.1, -0.05) is 24.3 Å². The molecule has 0 radical (unpaired) electrons. The number of rotatable bonds is 7. The Labute approximate surface area is 159 Å². The van der Waals surface area contributed by atoms with E-state index in [0.29, 0.717) is 17.8 Å². The van der Waals surface area contributed by atoms with Crippen molar-refractivity contribution in [1.29, 1.82) is 0 Å². The van der Waals surface area contributed by atoms with Crippen molar-refractivity contribution >= 4 is 23.2 Å². The van der Waals surface area contributed by atoms with Crippen LogP contribution in [0.15, 0.2) is 54.6 Å². The highest BCUT2D eigenvalue weighted by Gasteiger charge is 2.16. The Morgan fingerprint density at radius 2 is 1.96 bits per heavy atom. The van der Waals surface area contributed by atoms with Gasteiger partial charge in [-0.2, -0.15) is 0 Å². The molecule has 1 fully saturated rings. The maximum absolute atomic E-state index is 12.7. The van der Waals surface area contributed by atoms with Crippen molar-refractivity contribution in [3.8, 4) is 0 Å². The van der Waals surface area contributed by atoms with Gasteiger partial charge in [0, 0.05) is 37.1 Å². The first-order chi connectivity index (χ1) is 13.1. The zero-order valence-electron chi connectivity index (χ0n) is 15.5. The van der Waals surface area contributed by atoms with E-state index in [-0.39, 0.29) is 24.5 Å². The van der Waals surface area contributed by atoms with E-state index in [0.717, 1.165) is 25.1 Å². The van der Waals surface area contributed by atoms with Gasteiger partial charge >= 0.3 is 0 Å². The van der Waals surface area contributed by atoms with Crippen molar-refractivity contribution in [2.45, 2.75) is 18.9 Å². The molecule has 6 nitrogen and oxygen atoms in total. The van der Waals surface area contributed by atoms with Gasteiger partial charge in [0.05, 0.1) is 12.6 Å². The van der Waals surface area contributed by atoms with E-state index in [4.69, 9.17) is 4.74 Å². The minimum Gasteiger partial charge on any atom is -0.377 e. The Bertz CT molecular complexity index is 773. The molecule has 2 aromatic rings. The van der Waals surface area contributed by atoms with Gasteiger partial charge in [0.2, 0.25) is 5.91 Å². The Morgan fingerprint density at radius 3 is 2.70 bits per heavy atom. The molecule has 1 heterocycles. The SMILES string of the molecule is CN(C(=O)c1cccc(NC(=O)CNCC2CCCO2)c1)c1ccccc1. The minimum absolute atomic E-state index is 0.131. The molecule has 2 N–H and O–H groups in total. The molecule has 6 heteroatoms. The number of hydrogen-bond donors (Lipinski definition) is 2. The number of amides is 2. The molecule has 3 rings (SSSR count). The second-order valence-electron chi connectivity index (χ2n) is 6.59. The van der Waals surface area contributed by atoms with E-state index in [1.807, 2.05) is 30.3 Å². The van der Waals surface area contributed by atoms with Crippen LogP contribution in [0.3, 0.4) is 0 Å². The van der Waals surface area contributed by atoms with Crippen molar-refractivity contribution < 1.29 is 14.3 Å². The van der Waals surface area contributed by atoms with Crippen LogP contribution in [0.25, 0.3) is 0 Å². The standard InChI is InChI=1S/C21H25N3O3/c1-24(18-9-3-2-4-10-18)21(26)16-7-5-8-17(13-16)23-20(25)15-22-14-19-11-6-12-27-19/h2-5,7-10,13,19,22H,6,11-12,14-15H2,1H3,(H,23,25). The second-order valence-corrected chi connectivity index (χ2v) is 6.59. The van der Waals surface area contributed by atoms with E-state index in [2.05, 4.69) is 10.6 Å². The van der Waals surface area contributed by atoms with Crippen molar-refractivity contribution in [2.75, 3.05) is 37.0 Å². The molecule has 0 aliphatic carbocycles. The van der Waals surface area contributed by atoms with Crippen molar-refractivity contribution in [3.05, 3.63) is 60.2 Å². The number of hydrogen-bond acceptors (Lipinski definition) is 4. The number of para-hydroxylation sites is 1. The van der Waals surface area contributed by atoms with Gasteiger partial charge in [-0.15, -0.1) is 0 Å². The van der Waals surface area contributed by atoms with Gasteiger partial charge in [0.15, 0.2) is 0 Å². The first kappa shape index (κ1) is 19.1. The zero-order chi connectivity index (χ0) is 19.1. The fraction of sp³-hybridized carbons (Fsp3) is 0.333. The van der Waals surface area contributed by atoms with Crippen LogP contribution in [0.5, 0.6) is 0 Å². The molecule has 1 unspecified atom stereocenters. The lowest BCUT2D eigenvalue weighted by Crippen LogP contribution is -2.33. The second kappa shape index (κ2) is 9.30. The number of nitrogens with one attached hydrogen (secondary N) is 2. The monoisotopic (exact) mass is 367 g/mol. The highest BCUT2D eigenvalue weighted by Crippen LogP contribution is 2.17. The zero-order valence-corrected chi connectivity index (χ0v) is 15.5. The van der Waals surface area contributed by atoms with Crippen LogP contribution in [0.2, 0.25) is 0 Å². The van der Waals surface area contributed by atoms with E-state index < -0.39 is 0 Å². The minimum atomic E-state index is -0.144. The first-order valence-electron chi connectivity index (χ1n) is 9.19.